The highest BCUT2D eigenvalue weighted by Crippen LogP contribution is 2.40. The van der Waals surface area contributed by atoms with Gasteiger partial charge in [0.05, 0.1) is 36.2 Å². The fourth-order valence-electron chi connectivity index (χ4n) is 5.11. The summed E-state index contributed by atoms with van der Waals surface area (Å²) in [7, 11) is 1.53. The van der Waals surface area contributed by atoms with Crippen LogP contribution in [-0.4, -0.2) is 37.3 Å². The van der Waals surface area contributed by atoms with E-state index in [4.69, 9.17) is 9.47 Å². The Morgan fingerprint density at radius 3 is 2.40 bits per heavy atom. The average Bonchev–Trinajstić information content (AvgIpc) is 3.36. The number of methoxy groups -OCH3 is 1. The van der Waals surface area contributed by atoms with E-state index in [-0.39, 0.29) is 48.3 Å². The molecule has 3 atom stereocenters. The molecule has 0 N–H and O–H groups in total. The fraction of sp³-hybridized carbons (Fsp3) is 0.333. The van der Waals surface area contributed by atoms with Crippen LogP contribution in [0.1, 0.15) is 26.2 Å². The van der Waals surface area contributed by atoms with Crippen molar-refractivity contribution < 1.29 is 28.7 Å². The topological polar surface area (TPSA) is 93.2 Å². The highest BCUT2D eigenvalue weighted by molar-refractivity contribution is 6.22. The number of hydrogen-bond donors (Lipinski definition) is 0. The number of anilines is 2. The van der Waals surface area contributed by atoms with Gasteiger partial charge in [-0.3, -0.25) is 24.1 Å². The Kier molecular flexibility index (Phi) is 5.88. The second kappa shape index (κ2) is 9.02. The molecule has 180 valence electrons. The van der Waals surface area contributed by atoms with Gasteiger partial charge in [0.15, 0.2) is 0 Å². The van der Waals surface area contributed by atoms with Crippen molar-refractivity contribution in [3.05, 3.63) is 60.2 Å². The first-order chi connectivity index (χ1) is 16.9. The quantitative estimate of drug-likeness (QED) is 0.285. The molecule has 35 heavy (non-hydrogen) atoms. The number of para-hydroxylation sites is 2. The number of carbonyl (C=O) groups excluding carboxylic acids is 4. The average molecular weight is 475 g/mol. The maximum absolute atomic E-state index is 12.9. The monoisotopic (exact) mass is 474 g/mol. The molecule has 2 aromatic carbocycles. The maximum atomic E-state index is 12.9. The van der Waals surface area contributed by atoms with Crippen LogP contribution in [0.3, 0.4) is 0 Å². The minimum absolute atomic E-state index is 0.0436. The lowest BCUT2D eigenvalue weighted by Crippen LogP contribution is -2.30. The third-order valence-corrected chi connectivity index (χ3v) is 6.97. The normalized spacial score (nSPS) is 23.9. The van der Waals surface area contributed by atoms with Crippen molar-refractivity contribution in [1.82, 2.24) is 0 Å². The molecular weight excluding hydrogens is 448 g/mol. The molecule has 3 aliphatic rings. The molecule has 3 amide bonds. The Morgan fingerprint density at radius 2 is 1.66 bits per heavy atom. The number of nitrogens with zero attached hydrogens (tertiary/aromatic N) is 2. The Bertz CT molecular complexity index is 1230. The van der Waals surface area contributed by atoms with Gasteiger partial charge in [0, 0.05) is 13.0 Å². The Balaban J connectivity index is 1.25. The first-order valence-electron chi connectivity index (χ1n) is 11.7. The van der Waals surface area contributed by atoms with Gasteiger partial charge in [0.25, 0.3) is 0 Å². The van der Waals surface area contributed by atoms with Crippen LogP contribution in [0.25, 0.3) is 0 Å². The van der Waals surface area contributed by atoms with E-state index in [1.807, 2.05) is 19.1 Å². The number of esters is 1. The SMILES string of the molecule is COc1ccccc1N1C[C@H](C(=O)Oc2ccc(N3C(=O)[C@@H]4CC=C(C)C[C@H]4C3=O)cc2)CC1=O. The minimum Gasteiger partial charge on any atom is -0.495 e. The largest absolute Gasteiger partial charge is 0.495 e. The van der Waals surface area contributed by atoms with E-state index in [0.717, 1.165) is 5.57 Å². The number of ether oxygens (including phenoxy) is 2. The van der Waals surface area contributed by atoms with E-state index in [2.05, 4.69) is 0 Å². The van der Waals surface area contributed by atoms with E-state index in [9.17, 15) is 19.2 Å². The summed E-state index contributed by atoms with van der Waals surface area (Å²) < 4.78 is 10.9. The molecule has 0 radical (unpaired) electrons. The number of hydrogen-bond acceptors (Lipinski definition) is 6. The van der Waals surface area contributed by atoms with Crippen molar-refractivity contribution >= 4 is 35.1 Å². The van der Waals surface area contributed by atoms with Gasteiger partial charge >= 0.3 is 5.97 Å². The maximum Gasteiger partial charge on any atom is 0.316 e. The molecule has 0 spiro atoms. The molecule has 0 saturated carbocycles. The molecule has 0 unspecified atom stereocenters. The number of imide groups is 1. The van der Waals surface area contributed by atoms with Crippen molar-refractivity contribution in [2.75, 3.05) is 23.5 Å². The third kappa shape index (κ3) is 4.09. The van der Waals surface area contributed by atoms with E-state index in [0.29, 0.717) is 30.0 Å². The molecule has 8 nitrogen and oxygen atoms in total. The standard InChI is InChI=1S/C27H26N2O6/c1-16-7-12-20-21(13-16)26(32)29(25(20)31)18-8-10-19(11-9-18)35-27(33)17-14-24(30)28(15-17)22-5-3-4-6-23(22)34-2/h3-11,17,20-21H,12-15H2,1-2H3/t17-,20-,21-/m1/s1. The number of amides is 3. The third-order valence-electron chi connectivity index (χ3n) is 6.97. The Labute approximate surface area is 203 Å². The summed E-state index contributed by atoms with van der Waals surface area (Å²) in [6.07, 6.45) is 3.26. The predicted molar refractivity (Wildman–Crippen MR) is 128 cm³/mol. The lowest BCUT2D eigenvalue weighted by atomic mass is 9.82. The molecule has 2 heterocycles. The van der Waals surface area contributed by atoms with Gasteiger partial charge in [-0.05, 0) is 56.2 Å². The lowest BCUT2D eigenvalue weighted by molar-refractivity contribution is -0.139. The van der Waals surface area contributed by atoms with Crippen LogP contribution in [0.2, 0.25) is 0 Å². The smallest absolute Gasteiger partial charge is 0.316 e. The minimum atomic E-state index is -0.618. The van der Waals surface area contributed by atoms with Crippen LogP contribution in [0, 0.1) is 17.8 Å². The molecule has 2 saturated heterocycles. The molecule has 5 rings (SSSR count). The molecule has 2 aliphatic heterocycles. The van der Waals surface area contributed by atoms with Crippen molar-refractivity contribution in [1.29, 1.82) is 0 Å². The molecule has 1 aliphatic carbocycles. The molecule has 0 aromatic heterocycles. The van der Waals surface area contributed by atoms with Crippen LogP contribution < -0.4 is 19.3 Å². The van der Waals surface area contributed by atoms with Gasteiger partial charge in [0.2, 0.25) is 17.7 Å². The molecule has 2 fully saturated rings. The molecule has 8 heteroatoms. The van der Waals surface area contributed by atoms with Gasteiger partial charge in [0.1, 0.15) is 11.5 Å². The van der Waals surface area contributed by atoms with E-state index >= 15 is 0 Å². The van der Waals surface area contributed by atoms with Gasteiger partial charge in [-0.2, -0.15) is 0 Å². The van der Waals surface area contributed by atoms with Gasteiger partial charge in [-0.25, -0.2) is 0 Å². The number of rotatable bonds is 5. The first-order valence-corrected chi connectivity index (χ1v) is 11.7. The van der Waals surface area contributed by atoms with Gasteiger partial charge in [-0.15, -0.1) is 0 Å². The zero-order valence-electron chi connectivity index (χ0n) is 19.6. The fourth-order valence-corrected chi connectivity index (χ4v) is 5.11. The summed E-state index contributed by atoms with van der Waals surface area (Å²) in [5.74, 6) is -1.45. The van der Waals surface area contributed by atoms with Crippen LogP contribution in [0.4, 0.5) is 11.4 Å². The second-order valence-electron chi connectivity index (χ2n) is 9.21. The van der Waals surface area contributed by atoms with Crippen molar-refractivity contribution in [3.8, 4) is 11.5 Å². The first kappa shape index (κ1) is 22.8. The summed E-state index contributed by atoms with van der Waals surface area (Å²) >= 11 is 0. The summed E-state index contributed by atoms with van der Waals surface area (Å²) in [5.41, 5.74) is 2.21. The summed E-state index contributed by atoms with van der Waals surface area (Å²) in [4.78, 5) is 53.9. The highest BCUT2D eigenvalue weighted by Gasteiger charge is 2.48. The zero-order chi connectivity index (χ0) is 24.7. The zero-order valence-corrected chi connectivity index (χ0v) is 19.6. The van der Waals surface area contributed by atoms with E-state index in [1.54, 1.807) is 42.5 Å². The van der Waals surface area contributed by atoms with Crippen molar-refractivity contribution in [2.24, 2.45) is 17.8 Å². The van der Waals surface area contributed by atoms with Crippen molar-refractivity contribution in [2.45, 2.75) is 26.2 Å². The summed E-state index contributed by atoms with van der Waals surface area (Å²) in [6, 6.07) is 13.5. The number of benzene rings is 2. The van der Waals surface area contributed by atoms with Crippen LogP contribution in [-0.2, 0) is 19.2 Å². The predicted octanol–water partition coefficient (Wildman–Crippen LogP) is 3.50. The van der Waals surface area contributed by atoms with Gasteiger partial charge in [-0.1, -0.05) is 23.8 Å². The second-order valence-corrected chi connectivity index (χ2v) is 9.21. The number of allylic oxidation sites excluding steroid dienone is 2. The van der Waals surface area contributed by atoms with Gasteiger partial charge < -0.3 is 14.4 Å². The van der Waals surface area contributed by atoms with Crippen LogP contribution in [0.15, 0.2) is 60.2 Å². The Morgan fingerprint density at radius 1 is 0.943 bits per heavy atom. The summed E-state index contributed by atoms with van der Waals surface area (Å²) in [6.45, 7) is 2.18. The van der Waals surface area contributed by atoms with E-state index in [1.165, 1.54) is 16.9 Å². The van der Waals surface area contributed by atoms with E-state index < -0.39 is 11.9 Å². The molecule has 2 aromatic rings. The lowest BCUT2D eigenvalue weighted by Gasteiger charge is -2.19. The Hall–Kier alpha value is -3.94. The number of carbonyl (C=O) groups is 4. The summed E-state index contributed by atoms with van der Waals surface area (Å²) in [5, 5.41) is 0. The van der Waals surface area contributed by atoms with Crippen molar-refractivity contribution in [3.63, 3.8) is 0 Å². The molecule has 0 bridgehead atoms. The van der Waals surface area contributed by atoms with Crippen LogP contribution in [0.5, 0.6) is 11.5 Å². The van der Waals surface area contributed by atoms with Crippen LogP contribution >= 0.6 is 0 Å². The number of fused-ring (bicyclic) bond motifs is 1. The molecular formula is C27H26N2O6. The highest BCUT2D eigenvalue weighted by atomic mass is 16.5.